The number of piperidine rings is 1. The summed E-state index contributed by atoms with van der Waals surface area (Å²) in [6.07, 6.45) is 1.59. The molecule has 0 aromatic heterocycles. The van der Waals surface area contributed by atoms with Crippen LogP contribution in [0.15, 0.2) is 24.3 Å². The van der Waals surface area contributed by atoms with E-state index in [0.29, 0.717) is 0 Å². The minimum atomic E-state index is -0.488. The van der Waals surface area contributed by atoms with Crippen LogP contribution >= 0.6 is 12.2 Å². The average Bonchev–Trinajstić information content (AvgIpc) is 2.69. The second-order valence-corrected chi connectivity index (χ2v) is 7.29. The number of benzene rings is 1. The molecule has 2 heterocycles. The van der Waals surface area contributed by atoms with Crippen molar-refractivity contribution in [3.05, 3.63) is 35.6 Å². The first-order chi connectivity index (χ1) is 13.1. The summed E-state index contributed by atoms with van der Waals surface area (Å²) < 4.78 is 19.1. The van der Waals surface area contributed by atoms with Crippen LogP contribution in [0, 0.1) is 5.82 Å². The van der Waals surface area contributed by atoms with Crippen molar-refractivity contribution in [1.82, 2.24) is 20.4 Å². The molecule has 3 rings (SSSR count). The molecule has 0 aliphatic carbocycles. The number of likely N-dealkylation sites (tertiary alicyclic amines) is 1. The molecule has 0 saturated carbocycles. The van der Waals surface area contributed by atoms with Crippen LogP contribution in [-0.2, 0) is 4.74 Å². The Morgan fingerprint density at radius 3 is 2.59 bits per heavy atom. The van der Waals surface area contributed by atoms with E-state index < -0.39 is 5.82 Å². The molecule has 2 aliphatic rings. The molecule has 0 atom stereocenters. The molecule has 2 N–H and O–H groups in total. The fraction of sp³-hybridized carbons (Fsp3) is 0.579. The summed E-state index contributed by atoms with van der Waals surface area (Å²) in [5.41, 5.74) is 0.0974. The number of thiocarbonyl (C=S) groups is 1. The molecule has 2 saturated heterocycles. The molecule has 2 aliphatic heterocycles. The third-order valence-electron chi connectivity index (χ3n) is 5.04. The lowest BCUT2D eigenvalue weighted by atomic mass is 10.0. The zero-order valence-electron chi connectivity index (χ0n) is 15.5. The number of hydrogen-bond acceptors (Lipinski definition) is 4. The Morgan fingerprint density at radius 2 is 1.89 bits per heavy atom. The number of carbonyl (C=O) groups is 1. The maximum absolute atomic E-state index is 13.7. The molecule has 8 heteroatoms. The first-order valence-corrected chi connectivity index (χ1v) is 9.92. The van der Waals surface area contributed by atoms with Crippen LogP contribution in [0.1, 0.15) is 23.2 Å². The molecular formula is C19H27FN4O2S. The number of nitrogens with zero attached hydrogens (tertiary/aromatic N) is 2. The van der Waals surface area contributed by atoms with Gasteiger partial charge in [0.25, 0.3) is 5.91 Å². The van der Waals surface area contributed by atoms with Crippen molar-refractivity contribution in [3.8, 4) is 0 Å². The summed E-state index contributed by atoms with van der Waals surface area (Å²) in [6, 6.07) is 6.11. The standard InChI is InChI=1S/C19H27FN4O2S/c20-17-4-2-1-3-16(17)18(25)22-15-5-8-24(9-6-15)19(27)21-7-10-23-11-13-26-14-12-23/h1-4,15H,5-14H2,(H,21,27)(H,22,25). The van der Waals surface area contributed by atoms with E-state index in [1.165, 1.54) is 12.1 Å². The molecule has 0 bridgehead atoms. The van der Waals surface area contributed by atoms with E-state index >= 15 is 0 Å². The Hall–Kier alpha value is -1.77. The number of amides is 1. The van der Waals surface area contributed by atoms with Crippen molar-refractivity contribution < 1.29 is 13.9 Å². The van der Waals surface area contributed by atoms with E-state index in [-0.39, 0.29) is 17.5 Å². The van der Waals surface area contributed by atoms with Gasteiger partial charge in [0.1, 0.15) is 5.82 Å². The van der Waals surface area contributed by atoms with Crippen LogP contribution in [0.4, 0.5) is 4.39 Å². The largest absolute Gasteiger partial charge is 0.379 e. The molecule has 1 aromatic rings. The molecular weight excluding hydrogens is 367 g/mol. The number of morpholine rings is 1. The Balaban J connectivity index is 1.36. The Labute approximate surface area is 165 Å². The minimum absolute atomic E-state index is 0.0458. The summed E-state index contributed by atoms with van der Waals surface area (Å²) in [7, 11) is 0. The summed E-state index contributed by atoms with van der Waals surface area (Å²) >= 11 is 5.50. The zero-order valence-corrected chi connectivity index (χ0v) is 16.3. The van der Waals surface area contributed by atoms with Crippen LogP contribution < -0.4 is 10.6 Å². The third-order valence-corrected chi connectivity index (χ3v) is 5.45. The maximum Gasteiger partial charge on any atom is 0.254 e. The normalized spacial score (nSPS) is 18.9. The van der Waals surface area contributed by atoms with E-state index in [9.17, 15) is 9.18 Å². The van der Waals surface area contributed by atoms with E-state index in [0.717, 1.165) is 70.4 Å². The van der Waals surface area contributed by atoms with Crippen LogP contribution in [0.5, 0.6) is 0 Å². The number of carbonyl (C=O) groups excluding carboxylic acids is 1. The monoisotopic (exact) mass is 394 g/mol. The Kier molecular flexibility index (Phi) is 7.37. The number of halogens is 1. The molecule has 6 nitrogen and oxygen atoms in total. The summed E-state index contributed by atoms with van der Waals surface area (Å²) in [6.45, 7) is 6.90. The van der Waals surface area contributed by atoms with E-state index in [2.05, 4.69) is 20.4 Å². The Bertz CT molecular complexity index is 646. The van der Waals surface area contributed by atoms with Gasteiger partial charge in [-0.3, -0.25) is 9.69 Å². The van der Waals surface area contributed by atoms with Crippen molar-refractivity contribution in [2.75, 3.05) is 52.5 Å². The van der Waals surface area contributed by atoms with Gasteiger partial charge in [0.2, 0.25) is 0 Å². The highest BCUT2D eigenvalue weighted by atomic mass is 32.1. The quantitative estimate of drug-likeness (QED) is 0.733. The van der Waals surface area contributed by atoms with E-state index in [4.69, 9.17) is 17.0 Å². The molecule has 148 valence electrons. The highest BCUT2D eigenvalue weighted by Crippen LogP contribution is 2.13. The van der Waals surface area contributed by atoms with Crippen molar-refractivity contribution in [3.63, 3.8) is 0 Å². The minimum Gasteiger partial charge on any atom is -0.379 e. The summed E-state index contributed by atoms with van der Waals surface area (Å²) in [5, 5.41) is 7.03. The summed E-state index contributed by atoms with van der Waals surface area (Å²) in [5.74, 6) is -0.837. The molecule has 0 unspecified atom stereocenters. The predicted molar refractivity (Wildman–Crippen MR) is 106 cm³/mol. The average molecular weight is 395 g/mol. The second kappa shape index (κ2) is 9.96. The first kappa shape index (κ1) is 20.0. The SMILES string of the molecule is O=C(NC1CCN(C(=S)NCCN2CCOCC2)CC1)c1ccccc1F. The number of nitrogens with one attached hydrogen (secondary N) is 2. The first-order valence-electron chi connectivity index (χ1n) is 9.52. The third kappa shape index (κ3) is 5.85. The molecule has 2 fully saturated rings. The van der Waals surface area contributed by atoms with Crippen LogP contribution in [0.25, 0.3) is 0 Å². The van der Waals surface area contributed by atoms with Crippen LogP contribution in [-0.4, -0.2) is 79.3 Å². The van der Waals surface area contributed by atoms with Gasteiger partial charge < -0.3 is 20.3 Å². The van der Waals surface area contributed by atoms with E-state index in [1.807, 2.05) is 0 Å². The van der Waals surface area contributed by atoms with Gasteiger partial charge >= 0.3 is 0 Å². The number of hydrogen-bond donors (Lipinski definition) is 2. The lowest BCUT2D eigenvalue weighted by Crippen LogP contribution is -2.50. The van der Waals surface area contributed by atoms with Crippen molar-refractivity contribution in [2.24, 2.45) is 0 Å². The highest BCUT2D eigenvalue weighted by molar-refractivity contribution is 7.80. The van der Waals surface area contributed by atoms with Gasteiger partial charge in [0, 0.05) is 45.3 Å². The van der Waals surface area contributed by atoms with Gasteiger partial charge in [0.15, 0.2) is 5.11 Å². The zero-order chi connectivity index (χ0) is 19.1. The van der Waals surface area contributed by atoms with Gasteiger partial charge in [0.05, 0.1) is 18.8 Å². The predicted octanol–water partition coefficient (Wildman–Crippen LogP) is 1.23. The molecule has 1 amide bonds. The summed E-state index contributed by atoms with van der Waals surface area (Å²) in [4.78, 5) is 16.7. The van der Waals surface area contributed by atoms with Crippen molar-refractivity contribution in [1.29, 1.82) is 0 Å². The maximum atomic E-state index is 13.7. The van der Waals surface area contributed by atoms with Crippen molar-refractivity contribution >= 4 is 23.2 Å². The second-order valence-electron chi connectivity index (χ2n) is 6.90. The van der Waals surface area contributed by atoms with Crippen LogP contribution in [0.2, 0.25) is 0 Å². The topological polar surface area (TPSA) is 56.8 Å². The van der Waals surface area contributed by atoms with Gasteiger partial charge in [-0.2, -0.15) is 0 Å². The number of rotatable bonds is 5. The molecule has 1 aromatic carbocycles. The molecule has 0 radical (unpaired) electrons. The van der Waals surface area contributed by atoms with Gasteiger partial charge in [-0.15, -0.1) is 0 Å². The molecule has 27 heavy (non-hydrogen) atoms. The van der Waals surface area contributed by atoms with Gasteiger partial charge in [-0.25, -0.2) is 4.39 Å². The fourth-order valence-corrected chi connectivity index (χ4v) is 3.68. The lowest BCUT2D eigenvalue weighted by Gasteiger charge is -2.34. The van der Waals surface area contributed by atoms with Crippen molar-refractivity contribution in [2.45, 2.75) is 18.9 Å². The number of ether oxygens (including phenoxy) is 1. The smallest absolute Gasteiger partial charge is 0.254 e. The highest BCUT2D eigenvalue weighted by Gasteiger charge is 2.23. The fourth-order valence-electron chi connectivity index (χ4n) is 3.39. The Morgan fingerprint density at radius 1 is 1.19 bits per heavy atom. The molecule has 0 spiro atoms. The van der Waals surface area contributed by atoms with Crippen LogP contribution in [0.3, 0.4) is 0 Å². The van der Waals surface area contributed by atoms with Gasteiger partial charge in [-0.05, 0) is 37.2 Å². The lowest BCUT2D eigenvalue weighted by molar-refractivity contribution is 0.0388. The van der Waals surface area contributed by atoms with E-state index in [1.54, 1.807) is 12.1 Å². The van der Waals surface area contributed by atoms with Gasteiger partial charge in [-0.1, -0.05) is 12.1 Å².